The normalized spacial score (nSPS) is 10.4. The van der Waals surface area contributed by atoms with Gasteiger partial charge in [0.1, 0.15) is 5.78 Å². The van der Waals surface area contributed by atoms with Gasteiger partial charge in [-0.3, -0.25) is 4.79 Å². The third-order valence-corrected chi connectivity index (χ3v) is 3.35. The lowest BCUT2D eigenvalue weighted by atomic mass is 9.90. The summed E-state index contributed by atoms with van der Waals surface area (Å²) in [6, 6.07) is 2.10. The minimum absolute atomic E-state index is 0.0676. The van der Waals surface area contributed by atoms with E-state index in [1.807, 2.05) is 27.7 Å². The van der Waals surface area contributed by atoms with Crippen LogP contribution in [0.25, 0.3) is 0 Å². The Kier molecular flexibility index (Phi) is 4.22. The molecule has 92 valence electrons. The predicted octanol–water partition coefficient (Wildman–Crippen LogP) is 3.47. The van der Waals surface area contributed by atoms with Gasteiger partial charge in [0, 0.05) is 18.4 Å². The summed E-state index contributed by atoms with van der Waals surface area (Å²) in [6.07, 6.45) is 0.657. The number of rotatable bonds is 4. The van der Waals surface area contributed by atoms with Gasteiger partial charge >= 0.3 is 0 Å². The van der Waals surface area contributed by atoms with Crippen LogP contribution in [0.2, 0.25) is 0 Å². The van der Waals surface area contributed by atoms with Crippen molar-refractivity contribution in [2.75, 3.05) is 0 Å². The molecule has 0 aliphatic carbocycles. The zero-order valence-electron chi connectivity index (χ0n) is 11.3. The second-order valence-corrected chi connectivity index (χ2v) is 4.76. The van der Waals surface area contributed by atoms with Crippen molar-refractivity contribution >= 4 is 11.6 Å². The van der Waals surface area contributed by atoms with Gasteiger partial charge in [-0.1, -0.05) is 6.07 Å². The molecule has 0 fully saturated rings. The Morgan fingerprint density at radius 3 is 1.82 bits per heavy atom. The molecule has 0 radical (unpaired) electrons. The molecule has 0 spiro atoms. The number of carbonyl (C=O) groups is 2. The maximum Gasteiger partial charge on any atom is 0.163 e. The third-order valence-electron chi connectivity index (χ3n) is 3.35. The summed E-state index contributed by atoms with van der Waals surface area (Å²) >= 11 is 0. The van der Waals surface area contributed by atoms with Crippen LogP contribution >= 0.6 is 0 Å². The lowest BCUT2D eigenvalue weighted by Crippen LogP contribution is -2.09. The van der Waals surface area contributed by atoms with Crippen LogP contribution in [-0.4, -0.2) is 11.6 Å². The van der Waals surface area contributed by atoms with Crippen molar-refractivity contribution < 1.29 is 9.59 Å². The molecular formula is C15H20O2. The summed E-state index contributed by atoms with van der Waals surface area (Å²) in [5.74, 6) is 0.153. The summed E-state index contributed by atoms with van der Waals surface area (Å²) in [5, 5.41) is 0. The first-order valence-corrected chi connectivity index (χ1v) is 5.94. The molecule has 0 aliphatic rings. The zero-order chi connectivity index (χ0) is 13.2. The van der Waals surface area contributed by atoms with Crippen molar-refractivity contribution in [1.82, 2.24) is 0 Å². The summed E-state index contributed by atoms with van der Waals surface area (Å²) < 4.78 is 0. The van der Waals surface area contributed by atoms with Crippen molar-refractivity contribution in [2.24, 2.45) is 0 Å². The van der Waals surface area contributed by atoms with Gasteiger partial charge in [-0.15, -0.1) is 0 Å². The number of Topliss-reactive ketones (excluding diaryl/α,β-unsaturated/α-hetero) is 2. The molecule has 0 aliphatic heterocycles. The fourth-order valence-corrected chi connectivity index (χ4v) is 2.05. The number of carbonyl (C=O) groups excluding carboxylic acids is 2. The first-order valence-electron chi connectivity index (χ1n) is 5.94. The van der Waals surface area contributed by atoms with E-state index in [0.29, 0.717) is 12.8 Å². The van der Waals surface area contributed by atoms with E-state index in [1.54, 1.807) is 0 Å². The molecule has 2 nitrogen and oxygen atoms in total. The standard InChI is InChI=1S/C15H20O2/c1-9-8-10(2)13(5)15(12(9)4)14(17)7-6-11(3)16/h8H,6-7H2,1-5H3. The zero-order valence-corrected chi connectivity index (χ0v) is 11.3. The number of aryl methyl sites for hydroxylation is 2. The summed E-state index contributed by atoms with van der Waals surface area (Å²) in [7, 11) is 0. The van der Waals surface area contributed by atoms with Crippen LogP contribution in [0.1, 0.15) is 52.4 Å². The maximum atomic E-state index is 12.1. The second-order valence-electron chi connectivity index (χ2n) is 4.76. The van der Waals surface area contributed by atoms with Gasteiger partial charge in [-0.05, 0) is 56.9 Å². The number of hydrogen-bond donors (Lipinski definition) is 0. The van der Waals surface area contributed by atoms with E-state index in [2.05, 4.69) is 6.07 Å². The fourth-order valence-electron chi connectivity index (χ4n) is 2.05. The minimum atomic E-state index is 0.0676. The van der Waals surface area contributed by atoms with Gasteiger partial charge < -0.3 is 4.79 Å². The molecule has 1 aromatic rings. The molecule has 0 amide bonds. The predicted molar refractivity (Wildman–Crippen MR) is 69.6 cm³/mol. The SMILES string of the molecule is CC(=O)CCC(=O)c1c(C)c(C)cc(C)c1C. The van der Waals surface area contributed by atoms with Crippen LogP contribution in [0.15, 0.2) is 6.07 Å². The third kappa shape index (κ3) is 3.02. The Balaban J connectivity index is 3.12. The van der Waals surface area contributed by atoms with E-state index in [0.717, 1.165) is 27.8 Å². The first kappa shape index (κ1) is 13.6. The van der Waals surface area contributed by atoms with Gasteiger partial charge in [0.15, 0.2) is 5.78 Å². The highest BCUT2D eigenvalue weighted by Gasteiger charge is 2.15. The van der Waals surface area contributed by atoms with Crippen LogP contribution in [0.5, 0.6) is 0 Å². The smallest absolute Gasteiger partial charge is 0.163 e. The lowest BCUT2D eigenvalue weighted by Gasteiger charge is -2.14. The van der Waals surface area contributed by atoms with Crippen LogP contribution in [0, 0.1) is 27.7 Å². The van der Waals surface area contributed by atoms with Gasteiger partial charge in [0.25, 0.3) is 0 Å². The topological polar surface area (TPSA) is 34.1 Å². The molecule has 0 saturated carbocycles. The summed E-state index contributed by atoms with van der Waals surface area (Å²) in [4.78, 5) is 23.1. The molecule has 0 N–H and O–H groups in total. The molecule has 0 aromatic heterocycles. The molecule has 2 heteroatoms. The molecule has 1 rings (SSSR count). The van der Waals surface area contributed by atoms with Gasteiger partial charge in [0.2, 0.25) is 0 Å². The van der Waals surface area contributed by atoms with Crippen molar-refractivity contribution in [1.29, 1.82) is 0 Å². The quantitative estimate of drug-likeness (QED) is 0.745. The largest absolute Gasteiger partial charge is 0.300 e. The highest BCUT2D eigenvalue weighted by Crippen LogP contribution is 2.23. The minimum Gasteiger partial charge on any atom is -0.300 e. The molecule has 0 saturated heterocycles. The molecular weight excluding hydrogens is 212 g/mol. The van der Waals surface area contributed by atoms with E-state index in [1.165, 1.54) is 6.92 Å². The fraction of sp³-hybridized carbons (Fsp3) is 0.467. The Bertz CT molecular complexity index is 444. The maximum absolute atomic E-state index is 12.1. The van der Waals surface area contributed by atoms with Crippen molar-refractivity contribution in [3.8, 4) is 0 Å². The van der Waals surface area contributed by atoms with Gasteiger partial charge in [-0.2, -0.15) is 0 Å². The highest BCUT2D eigenvalue weighted by atomic mass is 16.1. The van der Waals surface area contributed by atoms with E-state index >= 15 is 0 Å². The van der Waals surface area contributed by atoms with E-state index in [4.69, 9.17) is 0 Å². The van der Waals surface area contributed by atoms with E-state index in [9.17, 15) is 9.59 Å². The summed E-state index contributed by atoms with van der Waals surface area (Å²) in [6.45, 7) is 9.51. The Labute approximate surface area is 103 Å². The van der Waals surface area contributed by atoms with Crippen molar-refractivity contribution in [3.63, 3.8) is 0 Å². The van der Waals surface area contributed by atoms with Crippen LogP contribution in [0.3, 0.4) is 0 Å². The van der Waals surface area contributed by atoms with Gasteiger partial charge in [0.05, 0.1) is 0 Å². The highest BCUT2D eigenvalue weighted by molar-refractivity contribution is 6.00. The average Bonchev–Trinajstić information content (AvgIpc) is 2.24. The monoisotopic (exact) mass is 232 g/mol. The second kappa shape index (κ2) is 5.26. The molecule has 0 bridgehead atoms. The molecule has 0 heterocycles. The number of hydrogen-bond acceptors (Lipinski definition) is 2. The van der Waals surface area contributed by atoms with Crippen molar-refractivity contribution in [2.45, 2.75) is 47.5 Å². The molecule has 0 atom stereocenters. The Hall–Kier alpha value is -1.44. The molecule has 17 heavy (non-hydrogen) atoms. The number of ketones is 2. The van der Waals surface area contributed by atoms with Crippen LogP contribution < -0.4 is 0 Å². The van der Waals surface area contributed by atoms with Gasteiger partial charge in [-0.25, -0.2) is 0 Å². The average molecular weight is 232 g/mol. The molecule has 1 aromatic carbocycles. The number of benzene rings is 1. The Morgan fingerprint density at radius 1 is 0.941 bits per heavy atom. The molecule has 0 unspecified atom stereocenters. The Morgan fingerprint density at radius 2 is 1.41 bits per heavy atom. The first-order chi connectivity index (χ1) is 7.84. The van der Waals surface area contributed by atoms with Crippen LogP contribution in [0.4, 0.5) is 0 Å². The van der Waals surface area contributed by atoms with Crippen LogP contribution in [-0.2, 0) is 4.79 Å². The van der Waals surface area contributed by atoms with E-state index < -0.39 is 0 Å². The van der Waals surface area contributed by atoms with Crippen molar-refractivity contribution in [3.05, 3.63) is 33.9 Å². The van der Waals surface area contributed by atoms with E-state index in [-0.39, 0.29) is 11.6 Å². The summed E-state index contributed by atoms with van der Waals surface area (Å²) in [5.41, 5.74) is 5.17. The lowest BCUT2D eigenvalue weighted by molar-refractivity contribution is -0.116.